The molecular weight excluding hydrogens is 134 g/mol. The van der Waals surface area contributed by atoms with Gasteiger partial charge in [-0.3, -0.25) is 5.32 Å². The van der Waals surface area contributed by atoms with Gasteiger partial charge in [-0.2, -0.15) is 0 Å². The smallest absolute Gasteiger partial charge is 0.0694 e. The predicted molar refractivity (Wildman–Crippen MR) is 49.0 cm³/mol. The largest absolute Gasteiger partial charge is 0.293 e. The zero-order valence-electron chi connectivity index (χ0n) is 7.28. The van der Waals surface area contributed by atoms with Gasteiger partial charge < -0.3 is 0 Å². The van der Waals surface area contributed by atoms with Crippen molar-refractivity contribution in [1.29, 1.82) is 0 Å². The Bertz CT molecular complexity index is 177. The lowest BCUT2D eigenvalue weighted by atomic mass is 10.2. The van der Waals surface area contributed by atoms with E-state index in [2.05, 4.69) is 30.0 Å². The van der Waals surface area contributed by atoms with E-state index in [-0.39, 0.29) is 6.04 Å². The highest BCUT2D eigenvalue weighted by atomic mass is 14.9. The van der Waals surface area contributed by atoms with E-state index in [0.29, 0.717) is 6.54 Å². The zero-order valence-corrected chi connectivity index (χ0v) is 7.28. The fourth-order valence-corrected chi connectivity index (χ4v) is 0.796. The van der Waals surface area contributed by atoms with Crippen LogP contribution in [0.1, 0.15) is 26.7 Å². The van der Waals surface area contributed by atoms with Crippen molar-refractivity contribution in [3.05, 3.63) is 0 Å². The normalized spacial score (nSPS) is 11.0. The molecule has 0 rings (SSSR count). The van der Waals surface area contributed by atoms with E-state index in [1.54, 1.807) is 0 Å². The lowest BCUT2D eigenvalue weighted by Crippen LogP contribution is -2.27. The van der Waals surface area contributed by atoms with Gasteiger partial charge in [-0.05, 0) is 13.3 Å². The highest BCUT2D eigenvalue weighted by Crippen LogP contribution is 1.93. The third-order valence-electron chi connectivity index (χ3n) is 1.39. The molecule has 1 N–H and O–H groups in total. The Hall–Kier alpha value is -0.920. The molecule has 1 heteroatoms. The van der Waals surface area contributed by atoms with E-state index in [1.807, 2.05) is 6.92 Å². The van der Waals surface area contributed by atoms with Gasteiger partial charge in [0.15, 0.2) is 0 Å². The predicted octanol–water partition coefficient (Wildman–Crippen LogP) is 1.40. The van der Waals surface area contributed by atoms with Crippen molar-refractivity contribution in [2.75, 3.05) is 6.54 Å². The van der Waals surface area contributed by atoms with E-state index < -0.39 is 0 Å². The minimum Gasteiger partial charge on any atom is -0.293 e. The minimum absolute atomic E-state index is 0.195. The molecule has 0 spiro atoms. The summed E-state index contributed by atoms with van der Waals surface area (Å²) < 4.78 is 0. The van der Waals surface area contributed by atoms with Gasteiger partial charge >= 0.3 is 0 Å². The van der Waals surface area contributed by atoms with Crippen LogP contribution < -0.4 is 5.32 Å². The summed E-state index contributed by atoms with van der Waals surface area (Å²) in [7, 11) is 0. The van der Waals surface area contributed by atoms with Crippen molar-refractivity contribution >= 4 is 0 Å². The average molecular weight is 149 g/mol. The summed E-state index contributed by atoms with van der Waals surface area (Å²) in [6, 6.07) is 0.195. The van der Waals surface area contributed by atoms with E-state index in [9.17, 15) is 0 Å². The number of terminal acetylenes is 1. The van der Waals surface area contributed by atoms with Crippen LogP contribution in [0.4, 0.5) is 0 Å². The molecule has 0 fully saturated rings. The zero-order chi connectivity index (χ0) is 8.53. The Morgan fingerprint density at radius 2 is 2.27 bits per heavy atom. The molecule has 1 nitrogen and oxygen atoms in total. The van der Waals surface area contributed by atoms with Gasteiger partial charge in [-0.25, -0.2) is 0 Å². The summed E-state index contributed by atoms with van der Waals surface area (Å²) >= 11 is 0. The third kappa shape index (κ3) is 5.52. The molecule has 0 aromatic carbocycles. The average Bonchev–Trinajstić information content (AvgIpc) is 2.03. The van der Waals surface area contributed by atoms with Gasteiger partial charge in [-0.1, -0.05) is 25.2 Å². The van der Waals surface area contributed by atoms with Crippen LogP contribution >= 0.6 is 0 Å². The Kier molecular flexibility index (Phi) is 6.59. The van der Waals surface area contributed by atoms with E-state index in [1.165, 1.54) is 0 Å². The molecule has 0 bridgehead atoms. The molecule has 1 atom stereocenters. The highest BCUT2D eigenvalue weighted by Gasteiger charge is 1.98. The third-order valence-corrected chi connectivity index (χ3v) is 1.39. The van der Waals surface area contributed by atoms with Crippen LogP contribution in [-0.2, 0) is 0 Å². The topological polar surface area (TPSA) is 12.0 Å². The van der Waals surface area contributed by atoms with Crippen molar-refractivity contribution in [1.82, 2.24) is 5.32 Å². The summed E-state index contributed by atoms with van der Waals surface area (Å²) in [6.07, 6.45) is 7.42. The number of hydrogen-bond acceptors (Lipinski definition) is 1. The summed E-state index contributed by atoms with van der Waals surface area (Å²) in [5.74, 6) is 8.41. The standard InChI is InChI=1S/C10H15N/c1-4-7-9-11-10(6-3)8-5-2/h3,10-11H,5,8-9H2,1-2H3. The second-order valence-corrected chi connectivity index (χ2v) is 2.32. The lowest BCUT2D eigenvalue weighted by molar-refractivity contribution is 0.600. The Balaban J connectivity index is 3.51. The summed E-state index contributed by atoms with van der Waals surface area (Å²) in [5.41, 5.74) is 0. The summed E-state index contributed by atoms with van der Waals surface area (Å²) in [5, 5.41) is 3.16. The SMILES string of the molecule is C#CC(CCC)NCC#CC. The fraction of sp³-hybridized carbons (Fsp3) is 0.600. The van der Waals surface area contributed by atoms with Gasteiger partial charge in [0.1, 0.15) is 0 Å². The molecule has 1 unspecified atom stereocenters. The Morgan fingerprint density at radius 1 is 1.55 bits per heavy atom. The molecule has 0 aliphatic heterocycles. The fourth-order valence-electron chi connectivity index (χ4n) is 0.796. The molecule has 0 aliphatic rings. The first kappa shape index (κ1) is 10.1. The first-order valence-corrected chi connectivity index (χ1v) is 3.94. The van der Waals surface area contributed by atoms with Gasteiger partial charge in [0.05, 0.1) is 12.6 Å². The maximum Gasteiger partial charge on any atom is 0.0694 e. The Labute approximate surface area is 69.6 Å². The van der Waals surface area contributed by atoms with Crippen molar-refractivity contribution < 1.29 is 0 Å². The van der Waals surface area contributed by atoms with Crippen molar-refractivity contribution in [3.8, 4) is 24.2 Å². The van der Waals surface area contributed by atoms with Crippen LogP contribution in [0.2, 0.25) is 0 Å². The van der Waals surface area contributed by atoms with Crippen LogP contribution in [0.15, 0.2) is 0 Å². The summed E-state index contributed by atoms with van der Waals surface area (Å²) in [6.45, 7) is 4.65. The summed E-state index contributed by atoms with van der Waals surface area (Å²) in [4.78, 5) is 0. The molecule has 0 aromatic rings. The molecule has 0 radical (unpaired) electrons. The quantitative estimate of drug-likeness (QED) is 0.596. The molecule has 60 valence electrons. The van der Waals surface area contributed by atoms with Crippen LogP contribution in [-0.4, -0.2) is 12.6 Å². The van der Waals surface area contributed by atoms with Gasteiger partial charge in [0, 0.05) is 0 Å². The van der Waals surface area contributed by atoms with E-state index >= 15 is 0 Å². The van der Waals surface area contributed by atoms with Gasteiger partial charge in [-0.15, -0.1) is 12.3 Å². The number of hydrogen-bond donors (Lipinski definition) is 1. The molecule has 11 heavy (non-hydrogen) atoms. The molecule has 0 aliphatic carbocycles. The van der Waals surface area contributed by atoms with Gasteiger partial charge in [0.2, 0.25) is 0 Å². The Morgan fingerprint density at radius 3 is 2.73 bits per heavy atom. The molecule has 0 saturated heterocycles. The van der Waals surface area contributed by atoms with Gasteiger partial charge in [0.25, 0.3) is 0 Å². The molecule has 0 heterocycles. The monoisotopic (exact) mass is 149 g/mol. The lowest BCUT2D eigenvalue weighted by Gasteiger charge is -2.07. The van der Waals surface area contributed by atoms with Crippen LogP contribution in [0, 0.1) is 24.2 Å². The molecular formula is C10H15N. The number of nitrogens with one attached hydrogen (secondary N) is 1. The van der Waals surface area contributed by atoms with E-state index in [4.69, 9.17) is 6.42 Å². The molecule has 0 aromatic heterocycles. The highest BCUT2D eigenvalue weighted by molar-refractivity contribution is 5.03. The minimum atomic E-state index is 0.195. The van der Waals surface area contributed by atoms with Crippen molar-refractivity contribution in [2.45, 2.75) is 32.7 Å². The van der Waals surface area contributed by atoms with Crippen LogP contribution in [0.25, 0.3) is 0 Å². The molecule has 0 saturated carbocycles. The maximum absolute atomic E-state index is 5.28. The second kappa shape index (κ2) is 7.19. The maximum atomic E-state index is 5.28. The number of rotatable bonds is 4. The van der Waals surface area contributed by atoms with Crippen LogP contribution in [0.5, 0.6) is 0 Å². The first-order chi connectivity index (χ1) is 5.35. The van der Waals surface area contributed by atoms with Crippen LogP contribution in [0.3, 0.4) is 0 Å². The van der Waals surface area contributed by atoms with E-state index in [0.717, 1.165) is 12.8 Å². The molecule has 0 amide bonds. The van der Waals surface area contributed by atoms with Crippen molar-refractivity contribution in [2.24, 2.45) is 0 Å². The first-order valence-electron chi connectivity index (χ1n) is 3.94. The second-order valence-electron chi connectivity index (χ2n) is 2.32. The van der Waals surface area contributed by atoms with Crippen molar-refractivity contribution in [3.63, 3.8) is 0 Å².